The smallest absolute Gasteiger partial charge is 0.251 e. The molecule has 1 aromatic heterocycles. The number of hydrogen-bond acceptors (Lipinski definition) is 3. The van der Waals surface area contributed by atoms with Crippen LogP contribution in [-0.4, -0.2) is 13.0 Å². The largest absolute Gasteiger partial charge is 0.497 e. The van der Waals surface area contributed by atoms with Gasteiger partial charge in [0.2, 0.25) is 0 Å². The summed E-state index contributed by atoms with van der Waals surface area (Å²) in [6.45, 7) is 0.564. The third-order valence-electron chi connectivity index (χ3n) is 2.39. The molecule has 0 fully saturated rings. The van der Waals surface area contributed by atoms with Crippen molar-refractivity contribution in [3.8, 4) is 5.75 Å². The van der Waals surface area contributed by atoms with E-state index >= 15 is 0 Å². The van der Waals surface area contributed by atoms with E-state index in [1.54, 1.807) is 42.7 Å². The molecule has 1 heterocycles. The van der Waals surface area contributed by atoms with Gasteiger partial charge in [-0.1, -0.05) is 0 Å². The van der Waals surface area contributed by atoms with Crippen LogP contribution in [0.2, 0.25) is 0 Å². The zero-order valence-electron chi connectivity index (χ0n) is 9.47. The van der Waals surface area contributed by atoms with Gasteiger partial charge in [-0.25, -0.2) is 0 Å². The number of methoxy groups -OCH3 is 1. The third-order valence-corrected chi connectivity index (χ3v) is 3.12. The molecule has 1 N–H and O–H groups in total. The molecule has 3 nitrogen and oxygen atoms in total. The zero-order chi connectivity index (χ0) is 12.1. The fourth-order valence-corrected chi connectivity index (χ4v) is 2.09. The second-order valence-electron chi connectivity index (χ2n) is 3.54. The van der Waals surface area contributed by atoms with E-state index in [1.165, 1.54) is 0 Å². The summed E-state index contributed by atoms with van der Waals surface area (Å²) in [6, 6.07) is 9.06. The van der Waals surface area contributed by atoms with Crippen molar-refractivity contribution >= 4 is 17.2 Å². The first-order chi connectivity index (χ1) is 8.29. The molecule has 17 heavy (non-hydrogen) atoms. The van der Waals surface area contributed by atoms with E-state index in [4.69, 9.17) is 4.74 Å². The minimum Gasteiger partial charge on any atom is -0.497 e. The molecule has 0 aliphatic heterocycles. The second-order valence-corrected chi connectivity index (χ2v) is 4.32. The SMILES string of the molecule is COc1ccc(C(=O)NCc2ccsc2)cc1. The Bertz CT molecular complexity index is 477. The van der Waals surface area contributed by atoms with Gasteiger partial charge in [-0.15, -0.1) is 0 Å². The predicted octanol–water partition coefficient (Wildman–Crippen LogP) is 2.69. The molecule has 2 rings (SSSR count). The van der Waals surface area contributed by atoms with Crippen molar-refractivity contribution in [1.82, 2.24) is 5.32 Å². The standard InChI is InChI=1S/C13H13NO2S/c1-16-12-4-2-11(3-5-12)13(15)14-8-10-6-7-17-9-10/h2-7,9H,8H2,1H3,(H,14,15). The first-order valence-electron chi connectivity index (χ1n) is 5.23. The lowest BCUT2D eigenvalue weighted by molar-refractivity contribution is 0.0951. The van der Waals surface area contributed by atoms with Crippen molar-refractivity contribution in [2.75, 3.05) is 7.11 Å². The summed E-state index contributed by atoms with van der Waals surface area (Å²) < 4.78 is 5.04. The monoisotopic (exact) mass is 247 g/mol. The van der Waals surface area contributed by atoms with E-state index in [2.05, 4.69) is 5.32 Å². The van der Waals surface area contributed by atoms with Crippen molar-refractivity contribution in [3.63, 3.8) is 0 Å². The molecular formula is C13H13NO2S. The van der Waals surface area contributed by atoms with E-state index in [0.717, 1.165) is 11.3 Å². The van der Waals surface area contributed by atoms with Crippen LogP contribution in [0.3, 0.4) is 0 Å². The fraction of sp³-hybridized carbons (Fsp3) is 0.154. The number of ether oxygens (including phenoxy) is 1. The number of thiophene rings is 1. The van der Waals surface area contributed by atoms with Gasteiger partial charge in [0.1, 0.15) is 5.75 Å². The molecule has 88 valence electrons. The Labute approximate surface area is 104 Å². The molecule has 0 saturated carbocycles. The number of carbonyl (C=O) groups is 1. The highest BCUT2D eigenvalue weighted by Crippen LogP contribution is 2.11. The minimum atomic E-state index is -0.0705. The summed E-state index contributed by atoms with van der Waals surface area (Å²) in [7, 11) is 1.60. The summed E-state index contributed by atoms with van der Waals surface area (Å²) in [6.07, 6.45) is 0. The van der Waals surface area contributed by atoms with Gasteiger partial charge in [0.15, 0.2) is 0 Å². The lowest BCUT2D eigenvalue weighted by atomic mass is 10.2. The van der Waals surface area contributed by atoms with Gasteiger partial charge in [0.05, 0.1) is 7.11 Å². The first-order valence-corrected chi connectivity index (χ1v) is 6.17. The van der Waals surface area contributed by atoms with E-state index in [0.29, 0.717) is 12.1 Å². The Morgan fingerprint density at radius 1 is 1.29 bits per heavy atom. The molecule has 1 amide bonds. The maximum Gasteiger partial charge on any atom is 0.251 e. The minimum absolute atomic E-state index is 0.0705. The fourth-order valence-electron chi connectivity index (χ4n) is 1.42. The van der Waals surface area contributed by atoms with Crippen LogP contribution >= 0.6 is 11.3 Å². The molecule has 0 aliphatic carbocycles. The average Bonchev–Trinajstić information content (AvgIpc) is 2.89. The molecule has 0 spiro atoms. The molecular weight excluding hydrogens is 234 g/mol. The van der Waals surface area contributed by atoms with Crippen LogP contribution in [0, 0.1) is 0 Å². The second kappa shape index (κ2) is 5.50. The molecule has 2 aromatic rings. The quantitative estimate of drug-likeness (QED) is 0.902. The Morgan fingerprint density at radius 2 is 2.06 bits per heavy atom. The number of carbonyl (C=O) groups excluding carboxylic acids is 1. The van der Waals surface area contributed by atoms with Gasteiger partial charge in [0, 0.05) is 12.1 Å². The van der Waals surface area contributed by atoms with Gasteiger partial charge < -0.3 is 10.1 Å². The molecule has 0 unspecified atom stereocenters. The van der Waals surface area contributed by atoms with Gasteiger partial charge in [-0.05, 0) is 46.7 Å². The molecule has 0 aliphatic rings. The Morgan fingerprint density at radius 3 is 2.65 bits per heavy atom. The summed E-state index contributed by atoms with van der Waals surface area (Å²) in [5, 5.41) is 6.88. The van der Waals surface area contributed by atoms with Crippen molar-refractivity contribution in [2.24, 2.45) is 0 Å². The summed E-state index contributed by atoms with van der Waals surface area (Å²) >= 11 is 1.62. The van der Waals surface area contributed by atoms with E-state index < -0.39 is 0 Å². The highest BCUT2D eigenvalue weighted by molar-refractivity contribution is 7.07. The van der Waals surface area contributed by atoms with Crippen LogP contribution < -0.4 is 10.1 Å². The molecule has 0 saturated heterocycles. The summed E-state index contributed by atoms with van der Waals surface area (Å²) in [4.78, 5) is 11.8. The maximum atomic E-state index is 11.8. The van der Waals surface area contributed by atoms with Crippen LogP contribution in [0.4, 0.5) is 0 Å². The number of amides is 1. The van der Waals surface area contributed by atoms with Crippen molar-refractivity contribution < 1.29 is 9.53 Å². The third kappa shape index (κ3) is 3.07. The molecule has 0 radical (unpaired) electrons. The van der Waals surface area contributed by atoms with Crippen LogP contribution in [0.5, 0.6) is 5.75 Å². The van der Waals surface area contributed by atoms with Gasteiger partial charge >= 0.3 is 0 Å². The van der Waals surface area contributed by atoms with E-state index in [-0.39, 0.29) is 5.91 Å². The van der Waals surface area contributed by atoms with Crippen LogP contribution in [-0.2, 0) is 6.54 Å². The Balaban J connectivity index is 1.95. The number of nitrogens with one attached hydrogen (secondary N) is 1. The molecule has 4 heteroatoms. The maximum absolute atomic E-state index is 11.8. The molecule has 0 atom stereocenters. The molecule has 0 bridgehead atoms. The highest BCUT2D eigenvalue weighted by Gasteiger charge is 2.05. The number of rotatable bonds is 4. The van der Waals surface area contributed by atoms with Gasteiger partial charge in [0.25, 0.3) is 5.91 Å². The van der Waals surface area contributed by atoms with Crippen molar-refractivity contribution in [1.29, 1.82) is 0 Å². The zero-order valence-corrected chi connectivity index (χ0v) is 10.3. The number of benzene rings is 1. The lowest BCUT2D eigenvalue weighted by Gasteiger charge is -2.04. The van der Waals surface area contributed by atoms with Crippen LogP contribution in [0.1, 0.15) is 15.9 Å². The molecule has 1 aromatic carbocycles. The van der Waals surface area contributed by atoms with Gasteiger partial charge in [-0.2, -0.15) is 11.3 Å². The predicted molar refractivity (Wildman–Crippen MR) is 68.5 cm³/mol. The van der Waals surface area contributed by atoms with Crippen molar-refractivity contribution in [3.05, 3.63) is 52.2 Å². The van der Waals surface area contributed by atoms with E-state index in [1.807, 2.05) is 16.8 Å². The number of hydrogen-bond donors (Lipinski definition) is 1. The summed E-state index contributed by atoms with van der Waals surface area (Å²) in [5.74, 6) is 0.679. The van der Waals surface area contributed by atoms with Crippen molar-refractivity contribution in [2.45, 2.75) is 6.54 Å². The van der Waals surface area contributed by atoms with Crippen LogP contribution in [0.25, 0.3) is 0 Å². The Hall–Kier alpha value is -1.81. The lowest BCUT2D eigenvalue weighted by Crippen LogP contribution is -2.22. The summed E-state index contributed by atoms with van der Waals surface area (Å²) in [5.41, 5.74) is 1.76. The average molecular weight is 247 g/mol. The van der Waals surface area contributed by atoms with E-state index in [9.17, 15) is 4.79 Å². The van der Waals surface area contributed by atoms with Gasteiger partial charge in [-0.3, -0.25) is 4.79 Å². The highest BCUT2D eigenvalue weighted by atomic mass is 32.1. The topological polar surface area (TPSA) is 38.3 Å². The first kappa shape index (κ1) is 11.7. The van der Waals surface area contributed by atoms with Crippen LogP contribution in [0.15, 0.2) is 41.1 Å². The normalized spacial score (nSPS) is 9.94. The Kier molecular flexibility index (Phi) is 3.77.